The van der Waals surface area contributed by atoms with E-state index in [9.17, 15) is 18.0 Å². The Kier molecular flexibility index (Phi) is 12.1. The zero-order valence-corrected chi connectivity index (χ0v) is 24.4. The topological polar surface area (TPSA) is 96.0 Å². The number of amides is 2. The first kappa shape index (κ1) is 31.1. The molecule has 1 atom stereocenters. The average molecular weight is 546 g/mol. The molecule has 2 amide bonds. The van der Waals surface area contributed by atoms with Gasteiger partial charge in [0.15, 0.2) is 0 Å². The Morgan fingerprint density at radius 3 is 2.42 bits per heavy atom. The Morgan fingerprint density at radius 2 is 1.79 bits per heavy atom. The van der Waals surface area contributed by atoms with Crippen molar-refractivity contribution in [2.75, 3.05) is 30.8 Å². The molecular weight excluding hydrogens is 502 g/mol. The molecule has 0 saturated carbocycles. The summed E-state index contributed by atoms with van der Waals surface area (Å²) in [5.74, 6) is 0.303. The van der Waals surface area contributed by atoms with E-state index >= 15 is 0 Å². The highest BCUT2D eigenvalue weighted by Gasteiger charge is 2.29. The zero-order chi connectivity index (χ0) is 28.3. The van der Waals surface area contributed by atoms with Gasteiger partial charge in [0.2, 0.25) is 21.8 Å². The van der Waals surface area contributed by atoms with E-state index in [2.05, 4.69) is 12.2 Å². The molecule has 0 aliphatic rings. The van der Waals surface area contributed by atoms with Crippen molar-refractivity contribution in [3.63, 3.8) is 0 Å². The number of ether oxygens (including phenoxy) is 1. The molecule has 0 spiro atoms. The second-order valence-corrected chi connectivity index (χ2v) is 11.6. The number of unbranched alkanes of at least 4 members (excludes halogenated alkanes) is 1. The van der Waals surface area contributed by atoms with Gasteiger partial charge in [-0.15, -0.1) is 0 Å². The molecule has 210 valence electrons. The molecule has 0 bridgehead atoms. The average Bonchev–Trinajstić information content (AvgIpc) is 2.87. The number of rotatable bonds is 15. The lowest BCUT2D eigenvalue weighted by molar-refractivity contribution is -0.141. The molecule has 0 unspecified atom stereocenters. The number of sulfonamides is 1. The van der Waals surface area contributed by atoms with Gasteiger partial charge in [-0.2, -0.15) is 0 Å². The van der Waals surface area contributed by atoms with Gasteiger partial charge in [-0.05, 0) is 68.0 Å². The molecule has 0 heterocycles. The summed E-state index contributed by atoms with van der Waals surface area (Å²) >= 11 is 0. The highest BCUT2D eigenvalue weighted by Crippen LogP contribution is 2.25. The Balaban J connectivity index is 2.25. The first-order valence-corrected chi connectivity index (χ1v) is 15.1. The summed E-state index contributed by atoms with van der Waals surface area (Å²) < 4.78 is 32.0. The Bertz CT molecular complexity index is 1180. The molecule has 0 saturated heterocycles. The number of methoxy groups -OCH3 is 1. The van der Waals surface area contributed by atoms with E-state index in [-0.39, 0.29) is 31.3 Å². The zero-order valence-electron chi connectivity index (χ0n) is 23.6. The predicted molar refractivity (Wildman–Crippen MR) is 153 cm³/mol. The minimum atomic E-state index is -3.55. The van der Waals surface area contributed by atoms with Gasteiger partial charge in [-0.3, -0.25) is 13.9 Å². The summed E-state index contributed by atoms with van der Waals surface area (Å²) in [6, 6.07) is 12.5. The van der Waals surface area contributed by atoms with Crippen LogP contribution in [0.2, 0.25) is 0 Å². The van der Waals surface area contributed by atoms with Crippen molar-refractivity contribution >= 4 is 27.5 Å². The fourth-order valence-electron chi connectivity index (χ4n) is 4.36. The van der Waals surface area contributed by atoms with Gasteiger partial charge in [0.25, 0.3) is 0 Å². The highest BCUT2D eigenvalue weighted by atomic mass is 32.2. The lowest BCUT2D eigenvalue weighted by Crippen LogP contribution is -2.49. The van der Waals surface area contributed by atoms with Gasteiger partial charge in [0, 0.05) is 26.1 Å². The number of aryl methyl sites for hydroxylation is 2. The van der Waals surface area contributed by atoms with Crippen LogP contribution >= 0.6 is 0 Å². The van der Waals surface area contributed by atoms with E-state index in [1.165, 1.54) is 10.6 Å². The van der Waals surface area contributed by atoms with Crippen LogP contribution in [-0.2, 0) is 26.2 Å². The van der Waals surface area contributed by atoms with Crippen molar-refractivity contribution < 1.29 is 22.7 Å². The van der Waals surface area contributed by atoms with Crippen LogP contribution in [0.15, 0.2) is 42.5 Å². The summed E-state index contributed by atoms with van der Waals surface area (Å²) in [5, 5.41) is 2.96. The first-order valence-electron chi connectivity index (χ1n) is 13.3. The van der Waals surface area contributed by atoms with Crippen molar-refractivity contribution in [2.24, 2.45) is 0 Å². The van der Waals surface area contributed by atoms with Crippen LogP contribution < -0.4 is 14.4 Å². The summed E-state index contributed by atoms with van der Waals surface area (Å²) in [4.78, 5) is 28.2. The maximum absolute atomic E-state index is 13.6. The lowest BCUT2D eigenvalue weighted by Gasteiger charge is -2.31. The van der Waals surface area contributed by atoms with Gasteiger partial charge < -0.3 is 15.0 Å². The summed E-state index contributed by atoms with van der Waals surface area (Å²) in [6.07, 6.45) is 3.90. The van der Waals surface area contributed by atoms with Crippen molar-refractivity contribution in [2.45, 2.75) is 72.4 Å². The molecule has 0 aromatic heterocycles. The minimum absolute atomic E-state index is 0.111. The van der Waals surface area contributed by atoms with Gasteiger partial charge in [-0.25, -0.2) is 8.42 Å². The minimum Gasteiger partial charge on any atom is -0.497 e. The van der Waals surface area contributed by atoms with Gasteiger partial charge >= 0.3 is 0 Å². The van der Waals surface area contributed by atoms with Crippen molar-refractivity contribution in [1.82, 2.24) is 10.2 Å². The molecule has 2 rings (SSSR count). The second-order valence-electron chi connectivity index (χ2n) is 9.67. The predicted octanol–water partition coefficient (Wildman–Crippen LogP) is 4.58. The summed E-state index contributed by atoms with van der Waals surface area (Å²) in [7, 11) is -1.96. The van der Waals surface area contributed by atoms with Crippen LogP contribution in [0.5, 0.6) is 5.75 Å². The monoisotopic (exact) mass is 545 g/mol. The highest BCUT2D eigenvalue weighted by molar-refractivity contribution is 7.92. The van der Waals surface area contributed by atoms with E-state index in [0.717, 1.165) is 29.5 Å². The molecule has 9 heteroatoms. The van der Waals surface area contributed by atoms with E-state index in [4.69, 9.17) is 4.74 Å². The van der Waals surface area contributed by atoms with E-state index in [1.807, 2.05) is 63.2 Å². The molecule has 1 N–H and O–H groups in total. The van der Waals surface area contributed by atoms with Crippen molar-refractivity contribution in [1.29, 1.82) is 0 Å². The summed E-state index contributed by atoms with van der Waals surface area (Å²) in [6.45, 7) is 8.72. The number of carbonyl (C=O) groups excluding carboxylic acids is 2. The number of anilines is 1. The van der Waals surface area contributed by atoms with Crippen LogP contribution in [0.25, 0.3) is 0 Å². The standard InChI is InChI=1S/C29H43N3O5S/c1-7-9-17-30-29(34)26(8-2)31(21-24-12-10-13-25(20-24)37-5)28(33)14-11-18-32(38(6,35)36)27-19-22(3)15-16-23(27)4/h10,12-13,15-16,19-20,26H,7-9,11,14,17-18,21H2,1-6H3,(H,30,34)/t26-/m1/s1. The van der Waals surface area contributed by atoms with E-state index in [1.54, 1.807) is 12.0 Å². The Labute approximate surface area is 228 Å². The van der Waals surface area contributed by atoms with Gasteiger partial charge in [-0.1, -0.05) is 44.5 Å². The maximum Gasteiger partial charge on any atom is 0.242 e. The number of carbonyl (C=O) groups is 2. The molecule has 2 aromatic carbocycles. The van der Waals surface area contributed by atoms with Crippen LogP contribution in [0, 0.1) is 13.8 Å². The molecule has 0 fully saturated rings. The third kappa shape index (κ3) is 9.04. The second kappa shape index (κ2) is 14.8. The molecule has 0 radical (unpaired) electrons. The number of hydrogen-bond donors (Lipinski definition) is 1. The molecule has 0 aliphatic carbocycles. The third-order valence-corrected chi connectivity index (χ3v) is 7.67. The smallest absolute Gasteiger partial charge is 0.242 e. The fourth-order valence-corrected chi connectivity index (χ4v) is 5.38. The molecule has 8 nitrogen and oxygen atoms in total. The fraction of sp³-hybridized carbons (Fsp3) is 0.517. The van der Waals surface area contributed by atoms with Crippen LogP contribution in [-0.4, -0.2) is 57.6 Å². The lowest BCUT2D eigenvalue weighted by atomic mass is 10.1. The quantitative estimate of drug-likeness (QED) is 0.331. The molecule has 0 aliphatic heterocycles. The van der Waals surface area contributed by atoms with Gasteiger partial charge in [0.05, 0.1) is 19.1 Å². The maximum atomic E-state index is 13.6. The van der Waals surface area contributed by atoms with Gasteiger partial charge in [0.1, 0.15) is 11.8 Å². The number of nitrogens with zero attached hydrogens (tertiary/aromatic N) is 2. The summed E-state index contributed by atoms with van der Waals surface area (Å²) in [5.41, 5.74) is 3.28. The number of nitrogens with one attached hydrogen (secondary N) is 1. The third-order valence-electron chi connectivity index (χ3n) is 6.49. The first-order chi connectivity index (χ1) is 18.0. The van der Waals surface area contributed by atoms with Crippen molar-refractivity contribution in [3.05, 3.63) is 59.2 Å². The molecule has 38 heavy (non-hydrogen) atoms. The molecular formula is C29H43N3O5S. The van der Waals surface area contributed by atoms with Crippen LogP contribution in [0.3, 0.4) is 0 Å². The van der Waals surface area contributed by atoms with Crippen molar-refractivity contribution in [3.8, 4) is 5.75 Å². The Morgan fingerprint density at radius 1 is 1.05 bits per heavy atom. The van der Waals surface area contributed by atoms with Crippen LogP contribution in [0.1, 0.15) is 62.6 Å². The van der Waals surface area contributed by atoms with E-state index < -0.39 is 16.1 Å². The Hall–Kier alpha value is -3.07. The largest absolute Gasteiger partial charge is 0.497 e. The molecule has 2 aromatic rings. The van der Waals surface area contributed by atoms with Crippen LogP contribution in [0.4, 0.5) is 5.69 Å². The SMILES string of the molecule is CCCCNC(=O)[C@@H](CC)N(Cc1cccc(OC)c1)C(=O)CCCN(c1cc(C)ccc1C)S(C)(=O)=O. The van der Waals surface area contributed by atoms with E-state index in [0.29, 0.717) is 30.8 Å². The number of benzene rings is 2. The normalized spacial score (nSPS) is 12.1. The number of hydrogen-bond acceptors (Lipinski definition) is 5.